The average molecular weight is 214 g/mol. The number of hydrogen-bond donors (Lipinski definition) is 2. The summed E-state index contributed by atoms with van der Waals surface area (Å²) in [5.74, 6) is -0.239. The lowest BCUT2D eigenvalue weighted by atomic mass is 10.3. The highest BCUT2D eigenvalue weighted by atomic mass is 35.5. The molecule has 0 saturated carbocycles. The quantitative estimate of drug-likeness (QED) is 0.729. The molecule has 3 N–H and O–H groups in total. The molecule has 0 bridgehead atoms. The number of halogens is 1. The van der Waals surface area contributed by atoms with Crippen molar-refractivity contribution in [1.29, 1.82) is 0 Å². The maximum atomic E-state index is 11.3. The van der Waals surface area contributed by atoms with Crippen LogP contribution in [-0.4, -0.2) is 16.9 Å². The summed E-state index contributed by atoms with van der Waals surface area (Å²) >= 11 is 5.67. The standard InChI is InChI=1S/C9H12ClN3O/c1-5(11)9(14)13-7-3-4-8(10)12-6(7)2/h3-5H,11H2,1-2H3,(H,13,14). The number of amides is 1. The minimum absolute atomic E-state index is 0.239. The first-order valence-electron chi connectivity index (χ1n) is 4.20. The van der Waals surface area contributed by atoms with Crippen LogP contribution in [0.2, 0.25) is 5.15 Å². The second kappa shape index (κ2) is 4.39. The maximum Gasteiger partial charge on any atom is 0.241 e. The average Bonchev–Trinajstić information content (AvgIpc) is 2.09. The molecule has 1 amide bonds. The SMILES string of the molecule is Cc1nc(Cl)ccc1NC(=O)C(C)N. The monoisotopic (exact) mass is 213 g/mol. The van der Waals surface area contributed by atoms with Crippen molar-refractivity contribution in [3.05, 3.63) is 23.0 Å². The summed E-state index contributed by atoms with van der Waals surface area (Å²) in [5, 5.41) is 3.06. The van der Waals surface area contributed by atoms with E-state index >= 15 is 0 Å². The van der Waals surface area contributed by atoms with Crippen molar-refractivity contribution < 1.29 is 4.79 Å². The molecule has 1 aromatic rings. The number of aryl methyl sites for hydroxylation is 1. The van der Waals surface area contributed by atoms with E-state index in [1.54, 1.807) is 26.0 Å². The normalized spacial score (nSPS) is 12.3. The highest BCUT2D eigenvalue weighted by Gasteiger charge is 2.09. The van der Waals surface area contributed by atoms with Crippen molar-refractivity contribution >= 4 is 23.2 Å². The Bertz CT molecular complexity index is 352. The van der Waals surface area contributed by atoms with E-state index in [0.29, 0.717) is 16.5 Å². The summed E-state index contributed by atoms with van der Waals surface area (Å²) < 4.78 is 0. The zero-order valence-electron chi connectivity index (χ0n) is 8.04. The molecular formula is C9H12ClN3O. The predicted octanol–water partition coefficient (Wildman–Crippen LogP) is 1.33. The second-order valence-corrected chi connectivity index (χ2v) is 3.43. The highest BCUT2D eigenvalue weighted by Crippen LogP contribution is 2.15. The van der Waals surface area contributed by atoms with Crippen LogP contribution in [0.4, 0.5) is 5.69 Å². The highest BCUT2D eigenvalue weighted by molar-refractivity contribution is 6.29. The molecule has 0 fully saturated rings. The van der Waals surface area contributed by atoms with Gasteiger partial charge in [-0.15, -0.1) is 0 Å². The number of aromatic nitrogens is 1. The first-order valence-corrected chi connectivity index (χ1v) is 4.58. The van der Waals surface area contributed by atoms with Gasteiger partial charge in [0.15, 0.2) is 0 Å². The second-order valence-electron chi connectivity index (χ2n) is 3.04. The van der Waals surface area contributed by atoms with Crippen LogP contribution in [0.15, 0.2) is 12.1 Å². The van der Waals surface area contributed by atoms with Gasteiger partial charge >= 0.3 is 0 Å². The number of nitrogens with one attached hydrogen (secondary N) is 1. The molecule has 0 spiro atoms. The van der Waals surface area contributed by atoms with Gasteiger partial charge < -0.3 is 11.1 Å². The Labute approximate surface area is 87.5 Å². The van der Waals surface area contributed by atoms with E-state index < -0.39 is 6.04 Å². The van der Waals surface area contributed by atoms with E-state index in [1.807, 2.05) is 0 Å². The molecule has 0 aliphatic carbocycles. The molecular weight excluding hydrogens is 202 g/mol. The minimum atomic E-state index is -0.537. The molecule has 0 aromatic carbocycles. The summed E-state index contributed by atoms with van der Waals surface area (Å²) in [6.07, 6.45) is 0. The predicted molar refractivity (Wildman–Crippen MR) is 56.3 cm³/mol. The van der Waals surface area contributed by atoms with Crippen LogP contribution in [0.5, 0.6) is 0 Å². The molecule has 76 valence electrons. The molecule has 14 heavy (non-hydrogen) atoms. The summed E-state index contributed by atoms with van der Waals surface area (Å²) in [6.45, 7) is 3.39. The van der Waals surface area contributed by atoms with Crippen LogP contribution in [0.3, 0.4) is 0 Å². The van der Waals surface area contributed by atoms with Crippen LogP contribution in [0.1, 0.15) is 12.6 Å². The number of hydrogen-bond acceptors (Lipinski definition) is 3. The lowest BCUT2D eigenvalue weighted by Crippen LogP contribution is -2.32. The molecule has 0 aliphatic rings. The van der Waals surface area contributed by atoms with Gasteiger partial charge in [0.25, 0.3) is 0 Å². The molecule has 1 unspecified atom stereocenters. The van der Waals surface area contributed by atoms with Crippen LogP contribution in [0, 0.1) is 6.92 Å². The molecule has 1 rings (SSSR count). The zero-order chi connectivity index (χ0) is 10.7. The Hall–Kier alpha value is -1.13. The van der Waals surface area contributed by atoms with Crippen LogP contribution in [-0.2, 0) is 4.79 Å². The van der Waals surface area contributed by atoms with E-state index in [9.17, 15) is 4.79 Å². The molecule has 0 radical (unpaired) electrons. The molecule has 1 heterocycles. The number of carbonyl (C=O) groups is 1. The Morgan fingerprint density at radius 2 is 2.29 bits per heavy atom. The summed E-state index contributed by atoms with van der Waals surface area (Å²) in [5.41, 5.74) is 6.71. The van der Waals surface area contributed by atoms with Crippen LogP contribution < -0.4 is 11.1 Å². The fourth-order valence-electron chi connectivity index (χ4n) is 0.909. The van der Waals surface area contributed by atoms with Crippen molar-refractivity contribution in [3.63, 3.8) is 0 Å². The van der Waals surface area contributed by atoms with Gasteiger partial charge in [0.05, 0.1) is 17.4 Å². The first kappa shape index (κ1) is 10.9. The molecule has 4 nitrogen and oxygen atoms in total. The topological polar surface area (TPSA) is 68.0 Å². The lowest BCUT2D eigenvalue weighted by Gasteiger charge is -2.09. The molecule has 0 aliphatic heterocycles. The zero-order valence-corrected chi connectivity index (χ0v) is 8.80. The number of nitrogens with two attached hydrogens (primary N) is 1. The fraction of sp³-hybridized carbons (Fsp3) is 0.333. The maximum absolute atomic E-state index is 11.3. The molecule has 1 aromatic heterocycles. The fourth-order valence-corrected chi connectivity index (χ4v) is 1.10. The van der Waals surface area contributed by atoms with Crippen molar-refractivity contribution in [2.45, 2.75) is 19.9 Å². The van der Waals surface area contributed by atoms with E-state index in [0.717, 1.165) is 0 Å². The molecule has 5 heteroatoms. The molecule has 1 atom stereocenters. The van der Waals surface area contributed by atoms with Gasteiger partial charge in [0.1, 0.15) is 5.15 Å². The number of nitrogens with zero attached hydrogens (tertiary/aromatic N) is 1. The summed E-state index contributed by atoms with van der Waals surface area (Å²) in [4.78, 5) is 15.2. The van der Waals surface area contributed by atoms with Crippen LogP contribution in [0.25, 0.3) is 0 Å². The minimum Gasteiger partial charge on any atom is -0.323 e. The Balaban J connectivity index is 2.82. The van der Waals surface area contributed by atoms with Crippen LogP contribution >= 0.6 is 11.6 Å². The van der Waals surface area contributed by atoms with Gasteiger partial charge in [-0.1, -0.05) is 11.6 Å². The van der Waals surface area contributed by atoms with Gasteiger partial charge in [-0.2, -0.15) is 0 Å². The van der Waals surface area contributed by atoms with Crippen molar-refractivity contribution in [1.82, 2.24) is 4.98 Å². The number of rotatable bonds is 2. The van der Waals surface area contributed by atoms with Gasteiger partial charge in [-0.25, -0.2) is 4.98 Å². The summed E-state index contributed by atoms with van der Waals surface area (Å²) in [6, 6.07) is 2.78. The van der Waals surface area contributed by atoms with E-state index in [1.165, 1.54) is 0 Å². The Kier molecular flexibility index (Phi) is 3.43. The smallest absolute Gasteiger partial charge is 0.241 e. The van der Waals surface area contributed by atoms with E-state index in [2.05, 4.69) is 10.3 Å². The van der Waals surface area contributed by atoms with Gasteiger partial charge in [0.2, 0.25) is 5.91 Å². The number of anilines is 1. The summed E-state index contributed by atoms with van der Waals surface area (Å²) in [7, 11) is 0. The third-order valence-electron chi connectivity index (χ3n) is 1.72. The Morgan fingerprint density at radius 1 is 1.64 bits per heavy atom. The third kappa shape index (κ3) is 2.68. The largest absolute Gasteiger partial charge is 0.323 e. The van der Waals surface area contributed by atoms with Crippen molar-refractivity contribution in [2.24, 2.45) is 5.73 Å². The number of carbonyl (C=O) groups excluding carboxylic acids is 1. The Morgan fingerprint density at radius 3 is 2.79 bits per heavy atom. The number of pyridine rings is 1. The van der Waals surface area contributed by atoms with Gasteiger partial charge in [-0.05, 0) is 26.0 Å². The van der Waals surface area contributed by atoms with Gasteiger partial charge in [-0.3, -0.25) is 4.79 Å². The lowest BCUT2D eigenvalue weighted by molar-refractivity contribution is -0.117. The van der Waals surface area contributed by atoms with E-state index in [4.69, 9.17) is 17.3 Å². The van der Waals surface area contributed by atoms with E-state index in [-0.39, 0.29) is 5.91 Å². The van der Waals surface area contributed by atoms with Crippen molar-refractivity contribution in [3.8, 4) is 0 Å². The molecule has 0 saturated heterocycles. The van der Waals surface area contributed by atoms with Crippen molar-refractivity contribution in [2.75, 3.05) is 5.32 Å². The third-order valence-corrected chi connectivity index (χ3v) is 1.93. The first-order chi connectivity index (χ1) is 6.50. The van der Waals surface area contributed by atoms with Gasteiger partial charge in [0, 0.05) is 0 Å².